The largest absolute Gasteiger partial charge is 0.464 e. The summed E-state index contributed by atoms with van der Waals surface area (Å²) >= 11 is 0. The van der Waals surface area contributed by atoms with Crippen molar-refractivity contribution in [2.45, 2.75) is 31.8 Å². The van der Waals surface area contributed by atoms with Gasteiger partial charge in [-0.05, 0) is 31.2 Å². The van der Waals surface area contributed by atoms with Crippen molar-refractivity contribution in [2.24, 2.45) is 0 Å². The van der Waals surface area contributed by atoms with E-state index in [-0.39, 0.29) is 5.57 Å². The van der Waals surface area contributed by atoms with Gasteiger partial charge < -0.3 is 14.2 Å². The predicted octanol–water partition coefficient (Wildman–Crippen LogP) is 3.65. The normalized spacial score (nSPS) is 28.4. The van der Waals surface area contributed by atoms with Crippen molar-refractivity contribution < 1.29 is 23.7 Å². The summed E-state index contributed by atoms with van der Waals surface area (Å²) in [7, 11) is 0. The Bertz CT molecular complexity index is 947. The summed E-state index contributed by atoms with van der Waals surface area (Å²) in [6, 6.07) is 13.1. The fourth-order valence-corrected chi connectivity index (χ4v) is 3.69. The van der Waals surface area contributed by atoms with Crippen molar-refractivity contribution in [3.8, 4) is 11.5 Å². The van der Waals surface area contributed by atoms with Crippen LogP contribution in [0.4, 0.5) is 0 Å². The average molecular weight is 336 g/mol. The van der Waals surface area contributed by atoms with Gasteiger partial charge in [-0.25, -0.2) is 4.79 Å². The van der Waals surface area contributed by atoms with Crippen molar-refractivity contribution in [2.75, 3.05) is 0 Å². The van der Waals surface area contributed by atoms with Gasteiger partial charge in [0.2, 0.25) is 5.79 Å². The van der Waals surface area contributed by atoms with Crippen LogP contribution in [-0.2, 0) is 25.8 Å². The molecule has 2 atom stereocenters. The number of hydrogen-bond donors (Lipinski definition) is 0. The number of benzene rings is 2. The monoisotopic (exact) mass is 336 g/mol. The van der Waals surface area contributed by atoms with Crippen molar-refractivity contribution >= 4 is 5.97 Å². The van der Waals surface area contributed by atoms with Crippen LogP contribution in [0.3, 0.4) is 0 Å². The first kappa shape index (κ1) is 14.5. The lowest BCUT2D eigenvalue weighted by atomic mass is 9.88. The molecule has 0 radical (unpaired) electrons. The maximum Gasteiger partial charge on any atom is 0.349 e. The van der Waals surface area contributed by atoms with Gasteiger partial charge in [0.05, 0.1) is 11.1 Å². The molecule has 5 nitrogen and oxygen atoms in total. The van der Waals surface area contributed by atoms with Crippen LogP contribution in [0.2, 0.25) is 0 Å². The first-order valence-electron chi connectivity index (χ1n) is 8.28. The quantitative estimate of drug-likeness (QED) is 0.588. The summed E-state index contributed by atoms with van der Waals surface area (Å²) in [5, 5.41) is 0. The third kappa shape index (κ3) is 1.73. The third-order valence-electron chi connectivity index (χ3n) is 4.96. The van der Waals surface area contributed by atoms with E-state index in [1.807, 2.05) is 50.2 Å². The number of carbonyl (C=O) groups is 1. The Morgan fingerprint density at radius 3 is 2.72 bits per heavy atom. The van der Waals surface area contributed by atoms with Gasteiger partial charge in [-0.2, -0.15) is 0 Å². The Balaban J connectivity index is 1.82. The van der Waals surface area contributed by atoms with E-state index in [9.17, 15) is 4.79 Å². The molecule has 126 valence electrons. The number of para-hydroxylation sites is 1. The van der Waals surface area contributed by atoms with Crippen LogP contribution in [0, 0.1) is 6.92 Å². The highest BCUT2D eigenvalue weighted by molar-refractivity contribution is 5.95. The van der Waals surface area contributed by atoms with Crippen LogP contribution in [0.5, 0.6) is 11.5 Å². The summed E-state index contributed by atoms with van der Waals surface area (Å²) in [4.78, 5) is 12.5. The molecule has 3 aliphatic rings. The molecule has 3 heterocycles. The van der Waals surface area contributed by atoms with Crippen molar-refractivity contribution in [1.82, 2.24) is 0 Å². The molecule has 2 aromatic rings. The summed E-state index contributed by atoms with van der Waals surface area (Å²) in [6.45, 7) is 3.99. The molecular weight excluding hydrogens is 320 g/mol. The van der Waals surface area contributed by atoms with E-state index in [0.29, 0.717) is 23.5 Å². The molecule has 2 bridgehead atoms. The van der Waals surface area contributed by atoms with Crippen molar-refractivity contribution in [3.05, 3.63) is 71.0 Å². The van der Waals surface area contributed by atoms with Crippen LogP contribution in [0.25, 0.3) is 0 Å². The minimum atomic E-state index is -1.36. The molecular formula is C20H16O5. The van der Waals surface area contributed by atoms with Gasteiger partial charge in [0, 0.05) is 6.42 Å². The molecule has 3 aliphatic heterocycles. The summed E-state index contributed by atoms with van der Waals surface area (Å²) in [5.74, 6) is -1.81. The van der Waals surface area contributed by atoms with E-state index in [2.05, 4.69) is 0 Å². The Kier molecular flexibility index (Phi) is 2.70. The third-order valence-corrected chi connectivity index (χ3v) is 4.96. The number of fused-ring (bicyclic) bond motifs is 4. The van der Waals surface area contributed by atoms with Crippen molar-refractivity contribution in [1.29, 1.82) is 0 Å². The zero-order valence-electron chi connectivity index (χ0n) is 13.9. The minimum Gasteiger partial charge on any atom is -0.464 e. The van der Waals surface area contributed by atoms with E-state index in [4.69, 9.17) is 18.9 Å². The Morgan fingerprint density at radius 2 is 1.88 bits per heavy atom. The maximum atomic E-state index is 12.5. The lowest BCUT2D eigenvalue weighted by Crippen LogP contribution is -2.56. The molecule has 0 aliphatic carbocycles. The number of ether oxygens (including phenoxy) is 4. The van der Waals surface area contributed by atoms with Gasteiger partial charge in [-0.3, -0.25) is 4.74 Å². The number of aryl methyl sites for hydroxylation is 1. The molecule has 0 amide bonds. The molecule has 0 saturated heterocycles. The van der Waals surface area contributed by atoms with E-state index in [0.717, 1.165) is 11.1 Å². The Hall–Kier alpha value is -2.79. The average Bonchev–Trinajstić information content (AvgIpc) is 2.62. The summed E-state index contributed by atoms with van der Waals surface area (Å²) in [6.07, 6.45) is 1.99. The van der Waals surface area contributed by atoms with E-state index in [1.165, 1.54) is 6.26 Å². The van der Waals surface area contributed by atoms with Gasteiger partial charge in [-0.1, -0.05) is 30.7 Å². The van der Waals surface area contributed by atoms with Crippen molar-refractivity contribution in [3.63, 3.8) is 0 Å². The van der Waals surface area contributed by atoms with Gasteiger partial charge >= 0.3 is 5.97 Å². The second-order valence-corrected chi connectivity index (χ2v) is 6.46. The number of hydrogen-bond acceptors (Lipinski definition) is 5. The zero-order chi connectivity index (χ0) is 17.2. The maximum absolute atomic E-state index is 12.5. The first-order valence-corrected chi connectivity index (χ1v) is 8.28. The van der Waals surface area contributed by atoms with Crippen LogP contribution in [0.1, 0.15) is 30.0 Å². The topological polar surface area (TPSA) is 54.0 Å². The van der Waals surface area contributed by atoms with Gasteiger partial charge in [0.25, 0.3) is 5.79 Å². The summed E-state index contributed by atoms with van der Waals surface area (Å²) in [5.41, 5.74) is 2.78. The van der Waals surface area contributed by atoms with Crippen LogP contribution < -0.4 is 9.47 Å². The molecule has 5 rings (SSSR count). The number of esters is 1. The first-order chi connectivity index (χ1) is 12.1. The molecule has 0 saturated carbocycles. The Labute approximate surface area is 144 Å². The smallest absolute Gasteiger partial charge is 0.349 e. The molecule has 1 spiro atoms. The second kappa shape index (κ2) is 4.64. The van der Waals surface area contributed by atoms with E-state index in [1.54, 1.807) is 6.07 Å². The molecule has 0 fully saturated rings. The molecule has 0 N–H and O–H groups in total. The van der Waals surface area contributed by atoms with Crippen LogP contribution >= 0.6 is 0 Å². The highest BCUT2D eigenvalue weighted by atomic mass is 16.8. The standard InChI is InChI=1S/C20H16O5/c1-3-19-14-10-12(2)8-9-17(14)24-20(25-19)13-6-4-5-7-16(13)23-18(21)15(20)11-22-19/h4-11H,3H2,1-2H3. The second-order valence-electron chi connectivity index (χ2n) is 6.46. The number of rotatable bonds is 1. The zero-order valence-corrected chi connectivity index (χ0v) is 13.9. The molecule has 2 unspecified atom stereocenters. The molecule has 2 aromatic carbocycles. The predicted molar refractivity (Wildman–Crippen MR) is 87.8 cm³/mol. The van der Waals surface area contributed by atoms with Gasteiger partial charge in [0.1, 0.15) is 23.3 Å². The van der Waals surface area contributed by atoms with Gasteiger partial charge in [0.15, 0.2) is 0 Å². The van der Waals surface area contributed by atoms with Crippen LogP contribution in [0.15, 0.2) is 54.3 Å². The lowest BCUT2D eigenvalue weighted by Gasteiger charge is -2.51. The molecule has 5 heteroatoms. The van der Waals surface area contributed by atoms with E-state index >= 15 is 0 Å². The summed E-state index contributed by atoms with van der Waals surface area (Å²) < 4.78 is 24.1. The SMILES string of the molecule is CCC12OC=C3C(=O)Oc4ccccc4C3(Oc3ccc(C)cc31)O2. The van der Waals surface area contributed by atoms with E-state index < -0.39 is 17.5 Å². The highest BCUT2D eigenvalue weighted by Crippen LogP contribution is 2.57. The van der Waals surface area contributed by atoms with Crippen LogP contribution in [-0.4, -0.2) is 5.97 Å². The molecule has 0 aromatic heterocycles. The minimum absolute atomic E-state index is 0.210. The fraction of sp³-hybridized carbons (Fsp3) is 0.250. The number of carbonyl (C=O) groups excluding carboxylic acids is 1. The van der Waals surface area contributed by atoms with Gasteiger partial charge in [-0.15, -0.1) is 0 Å². The lowest BCUT2D eigenvalue weighted by molar-refractivity contribution is -0.357. The Morgan fingerprint density at radius 1 is 1.04 bits per heavy atom. The fourth-order valence-electron chi connectivity index (χ4n) is 3.69. The highest BCUT2D eigenvalue weighted by Gasteiger charge is 2.62. The molecule has 25 heavy (non-hydrogen) atoms.